The van der Waals surface area contributed by atoms with Gasteiger partial charge in [-0.15, -0.1) is 0 Å². The maximum absolute atomic E-state index is 12.7. The maximum Gasteiger partial charge on any atom is 0.165 e. The Balaban J connectivity index is 2.79. The van der Waals surface area contributed by atoms with Crippen molar-refractivity contribution < 1.29 is 18.3 Å². The van der Waals surface area contributed by atoms with Gasteiger partial charge in [0.25, 0.3) is 0 Å². The number of hydrogen-bond acceptors (Lipinski definition) is 2. The largest absolute Gasteiger partial charge is 0.384 e. The topological polar surface area (TPSA) is 26.3 Å². The summed E-state index contributed by atoms with van der Waals surface area (Å²) in [6, 6.07) is 2.76. The number of hydrogen-bond donors (Lipinski definition) is 0. The molecule has 0 unspecified atom stereocenters. The van der Waals surface area contributed by atoms with E-state index in [2.05, 4.69) is 4.74 Å². The number of carbonyl (C=O) groups is 1. The molecule has 1 aromatic carbocycles. The summed E-state index contributed by atoms with van der Waals surface area (Å²) in [4.78, 5) is 11.3. The van der Waals surface area contributed by atoms with E-state index in [9.17, 15) is 13.6 Å². The van der Waals surface area contributed by atoms with Crippen LogP contribution in [0.15, 0.2) is 18.2 Å². The van der Waals surface area contributed by atoms with Crippen molar-refractivity contribution in [2.24, 2.45) is 0 Å². The van der Waals surface area contributed by atoms with Gasteiger partial charge in [0.1, 0.15) is 11.6 Å². The van der Waals surface area contributed by atoms with Gasteiger partial charge in [-0.2, -0.15) is 0 Å². The van der Waals surface area contributed by atoms with Gasteiger partial charge < -0.3 is 4.74 Å². The third kappa shape index (κ3) is 2.88. The van der Waals surface area contributed by atoms with Crippen molar-refractivity contribution in [3.63, 3.8) is 0 Å². The highest BCUT2D eigenvalue weighted by molar-refractivity contribution is 5.96. The van der Waals surface area contributed by atoms with E-state index in [-0.39, 0.29) is 24.4 Å². The highest BCUT2D eigenvalue weighted by atomic mass is 19.1. The second-order valence-corrected chi connectivity index (χ2v) is 2.82. The van der Waals surface area contributed by atoms with Crippen molar-refractivity contribution in [2.45, 2.75) is 6.42 Å². The highest BCUT2D eigenvalue weighted by Gasteiger charge is 2.08. The van der Waals surface area contributed by atoms with Crippen LogP contribution in [-0.4, -0.2) is 19.5 Å². The van der Waals surface area contributed by atoms with E-state index in [4.69, 9.17) is 0 Å². The SMILES string of the molecule is COCCC(=O)c1cc(F)cc(F)c1. The first-order chi connectivity index (χ1) is 6.63. The van der Waals surface area contributed by atoms with Gasteiger partial charge in [-0.05, 0) is 12.1 Å². The van der Waals surface area contributed by atoms with Gasteiger partial charge in [0.15, 0.2) is 5.78 Å². The number of benzene rings is 1. The Morgan fingerprint density at radius 1 is 1.29 bits per heavy atom. The van der Waals surface area contributed by atoms with Crippen LogP contribution in [0.2, 0.25) is 0 Å². The third-order valence-corrected chi connectivity index (χ3v) is 1.72. The summed E-state index contributed by atoms with van der Waals surface area (Å²) in [6.07, 6.45) is 0.124. The lowest BCUT2D eigenvalue weighted by atomic mass is 10.1. The molecule has 76 valence electrons. The predicted octanol–water partition coefficient (Wildman–Crippen LogP) is 2.18. The molecule has 0 fully saturated rings. The monoisotopic (exact) mass is 200 g/mol. The number of ether oxygens (including phenoxy) is 1. The summed E-state index contributed by atoms with van der Waals surface area (Å²) >= 11 is 0. The van der Waals surface area contributed by atoms with Gasteiger partial charge in [0.05, 0.1) is 6.61 Å². The van der Waals surface area contributed by atoms with Crippen molar-refractivity contribution in [2.75, 3.05) is 13.7 Å². The molecule has 0 atom stereocenters. The molecule has 0 saturated carbocycles. The highest BCUT2D eigenvalue weighted by Crippen LogP contribution is 2.09. The number of rotatable bonds is 4. The zero-order chi connectivity index (χ0) is 10.6. The average molecular weight is 200 g/mol. The molecule has 0 heterocycles. The van der Waals surface area contributed by atoms with Crippen LogP contribution in [0.1, 0.15) is 16.8 Å². The number of ketones is 1. The molecule has 1 rings (SSSR count). The van der Waals surface area contributed by atoms with Gasteiger partial charge in [-0.1, -0.05) is 0 Å². The molecule has 0 aliphatic rings. The average Bonchev–Trinajstić information content (AvgIpc) is 2.12. The Morgan fingerprint density at radius 2 is 1.86 bits per heavy atom. The van der Waals surface area contributed by atoms with E-state index >= 15 is 0 Å². The molecular formula is C10H10F2O2. The summed E-state index contributed by atoms with van der Waals surface area (Å²) in [5, 5.41) is 0. The van der Waals surface area contributed by atoms with Crippen molar-refractivity contribution in [1.82, 2.24) is 0 Å². The Kier molecular flexibility index (Phi) is 3.71. The second-order valence-electron chi connectivity index (χ2n) is 2.82. The molecule has 0 amide bonds. The lowest BCUT2D eigenvalue weighted by Crippen LogP contribution is -2.04. The Bertz CT molecular complexity index is 317. The van der Waals surface area contributed by atoms with E-state index in [1.54, 1.807) is 0 Å². The summed E-state index contributed by atoms with van der Waals surface area (Å²) in [6.45, 7) is 0.247. The van der Waals surface area contributed by atoms with Crippen molar-refractivity contribution in [1.29, 1.82) is 0 Å². The maximum atomic E-state index is 12.7. The fourth-order valence-electron chi connectivity index (χ4n) is 1.05. The molecule has 0 spiro atoms. The summed E-state index contributed by atoms with van der Waals surface area (Å²) in [5.41, 5.74) is 0.0413. The van der Waals surface area contributed by atoms with Crippen LogP contribution in [0.25, 0.3) is 0 Å². The van der Waals surface area contributed by atoms with E-state index < -0.39 is 11.6 Å². The normalized spacial score (nSPS) is 10.2. The predicted molar refractivity (Wildman–Crippen MR) is 47.2 cm³/mol. The lowest BCUT2D eigenvalue weighted by molar-refractivity contribution is 0.0931. The van der Waals surface area contributed by atoms with Crippen LogP contribution >= 0.6 is 0 Å². The quantitative estimate of drug-likeness (QED) is 0.696. The molecule has 2 nitrogen and oxygen atoms in total. The molecular weight excluding hydrogens is 190 g/mol. The molecule has 14 heavy (non-hydrogen) atoms. The van der Waals surface area contributed by atoms with E-state index in [1.807, 2.05) is 0 Å². The van der Waals surface area contributed by atoms with Gasteiger partial charge in [0.2, 0.25) is 0 Å². The Morgan fingerprint density at radius 3 is 2.36 bits per heavy atom. The number of carbonyl (C=O) groups excluding carboxylic acids is 1. The minimum atomic E-state index is -0.745. The Labute approximate surface area is 80.5 Å². The lowest BCUT2D eigenvalue weighted by Gasteiger charge is -2.00. The minimum Gasteiger partial charge on any atom is -0.384 e. The molecule has 0 radical (unpaired) electrons. The molecule has 4 heteroatoms. The van der Waals surface area contributed by atoms with Crippen LogP contribution < -0.4 is 0 Å². The number of halogens is 2. The first-order valence-electron chi connectivity index (χ1n) is 4.11. The molecule has 0 aromatic heterocycles. The second kappa shape index (κ2) is 4.81. The van der Waals surface area contributed by atoms with Gasteiger partial charge in [-0.25, -0.2) is 8.78 Å². The standard InChI is InChI=1S/C10H10F2O2/c1-14-3-2-10(13)7-4-8(11)6-9(12)5-7/h4-6H,2-3H2,1H3. The van der Waals surface area contributed by atoms with E-state index in [0.717, 1.165) is 18.2 Å². The fraction of sp³-hybridized carbons (Fsp3) is 0.300. The van der Waals surface area contributed by atoms with Crippen molar-refractivity contribution in [3.8, 4) is 0 Å². The zero-order valence-electron chi connectivity index (χ0n) is 7.72. The molecule has 1 aromatic rings. The minimum absolute atomic E-state index is 0.0413. The van der Waals surface area contributed by atoms with Crippen LogP contribution in [0.5, 0.6) is 0 Å². The summed E-state index contributed by atoms with van der Waals surface area (Å²) in [7, 11) is 1.46. The molecule has 0 aliphatic carbocycles. The first kappa shape index (κ1) is 10.8. The van der Waals surface area contributed by atoms with Crippen LogP contribution in [-0.2, 0) is 4.74 Å². The smallest absolute Gasteiger partial charge is 0.165 e. The molecule has 0 bridgehead atoms. The zero-order valence-corrected chi connectivity index (χ0v) is 7.72. The third-order valence-electron chi connectivity index (χ3n) is 1.72. The van der Waals surface area contributed by atoms with Crippen LogP contribution in [0, 0.1) is 11.6 Å². The summed E-state index contributed by atoms with van der Waals surface area (Å²) in [5.74, 6) is -1.82. The van der Waals surface area contributed by atoms with Crippen molar-refractivity contribution >= 4 is 5.78 Å². The Hall–Kier alpha value is -1.29. The summed E-state index contributed by atoms with van der Waals surface area (Å²) < 4.78 is 30.1. The fourth-order valence-corrected chi connectivity index (χ4v) is 1.05. The molecule has 0 N–H and O–H groups in total. The van der Waals surface area contributed by atoms with E-state index in [0.29, 0.717) is 0 Å². The van der Waals surface area contributed by atoms with Gasteiger partial charge in [0, 0.05) is 25.2 Å². The number of methoxy groups -OCH3 is 1. The van der Waals surface area contributed by atoms with Crippen molar-refractivity contribution in [3.05, 3.63) is 35.4 Å². The van der Waals surface area contributed by atoms with Crippen LogP contribution in [0.3, 0.4) is 0 Å². The van der Waals surface area contributed by atoms with Gasteiger partial charge >= 0.3 is 0 Å². The number of Topliss-reactive ketones (excluding diaryl/α,β-unsaturated/α-hetero) is 1. The first-order valence-corrected chi connectivity index (χ1v) is 4.11. The molecule has 0 saturated heterocycles. The van der Waals surface area contributed by atoms with Crippen LogP contribution in [0.4, 0.5) is 8.78 Å². The van der Waals surface area contributed by atoms with Gasteiger partial charge in [-0.3, -0.25) is 4.79 Å². The van der Waals surface area contributed by atoms with E-state index in [1.165, 1.54) is 7.11 Å². The molecule has 0 aliphatic heterocycles.